The first-order valence-electron chi connectivity index (χ1n) is 4.10. The third-order valence-corrected chi connectivity index (χ3v) is 2.46. The van der Waals surface area contributed by atoms with E-state index in [1.807, 2.05) is 0 Å². The van der Waals surface area contributed by atoms with E-state index in [9.17, 15) is 9.90 Å². The summed E-state index contributed by atoms with van der Waals surface area (Å²) in [4.78, 5) is 10.3. The molecule has 0 unspecified atom stereocenters. The highest BCUT2D eigenvalue weighted by Crippen LogP contribution is 2.21. The fourth-order valence-electron chi connectivity index (χ4n) is 0.919. The Labute approximate surface area is 90.3 Å². The fourth-order valence-corrected chi connectivity index (χ4v) is 1.50. The maximum Gasteiger partial charge on any atom is 0.313 e. The molecule has 1 rings (SSSR count). The van der Waals surface area contributed by atoms with Crippen molar-refractivity contribution in [1.29, 1.82) is 0 Å². The molecule has 0 atom stereocenters. The lowest BCUT2D eigenvalue weighted by molar-refractivity contribution is -0.133. The lowest BCUT2D eigenvalue weighted by atomic mass is 10.1. The van der Waals surface area contributed by atoms with Gasteiger partial charge in [0.25, 0.3) is 0 Å². The molecule has 0 aliphatic rings. The zero-order valence-corrected chi connectivity index (χ0v) is 9.15. The summed E-state index contributed by atoms with van der Waals surface area (Å²) in [7, 11) is 0. The molecule has 8 heteroatoms. The maximum absolute atomic E-state index is 10.3. The van der Waals surface area contributed by atoms with Crippen molar-refractivity contribution >= 4 is 17.7 Å². The van der Waals surface area contributed by atoms with Crippen LogP contribution in [0, 0.1) is 0 Å². The summed E-state index contributed by atoms with van der Waals surface area (Å²) in [6.45, 7) is 3.04. The van der Waals surface area contributed by atoms with E-state index in [0.29, 0.717) is 0 Å². The lowest BCUT2D eigenvalue weighted by Gasteiger charge is -2.15. The van der Waals surface area contributed by atoms with Crippen LogP contribution in [0.25, 0.3) is 0 Å². The normalized spacial score (nSPS) is 11.7. The molecule has 15 heavy (non-hydrogen) atoms. The van der Waals surface area contributed by atoms with Gasteiger partial charge in [-0.3, -0.25) is 4.79 Å². The van der Waals surface area contributed by atoms with E-state index in [1.165, 1.54) is 13.8 Å². The summed E-state index contributed by atoms with van der Waals surface area (Å²) in [6.07, 6.45) is 0. The summed E-state index contributed by atoms with van der Waals surface area (Å²) >= 11 is 0.946. The van der Waals surface area contributed by atoms with Gasteiger partial charge in [0.1, 0.15) is 5.60 Å². The highest BCUT2D eigenvalue weighted by atomic mass is 32.2. The largest absolute Gasteiger partial charge is 0.481 e. The molecule has 7 nitrogen and oxygen atoms in total. The Morgan fingerprint density at radius 2 is 2.20 bits per heavy atom. The van der Waals surface area contributed by atoms with Gasteiger partial charge < -0.3 is 16.1 Å². The fraction of sp³-hybridized carbons (Fsp3) is 0.571. The zero-order valence-electron chi connectivity index (χ0n) is 8.34. The summed E-state index contributed by atoms with van der Waals surface area (Å²) < 4.78 is 1.09. The minimum absolute atomic E-state index is 0.152. The number of aromatic nitrogens is 3. The molecule has 0 amide bonds. The zero-order chi connectivity index (χ0) is 11.6. The number of aliphatic hydroxyl groups is 1. The molecule has 0 fully saturated rings. The molecular formula is C7H12N4O3S. The van der Waals surface area contributed by atoms with Crippen LogP contribution in [0.1, 0.15) is 19.7 Å². The van der Waals surface area contributed by atoms with Gasteiger partial charge in [-0.05, 0) is 13.8 Å². The van der Waals surface area contributed by atoms with Gasteiger partial charge in [0.2, 0.25) is 5.16 Å². The number of nitrogen functional groups attached to an aromatic ring is 1. The quantitative estimate of drug-likeness (QED) is 0.469. The number of aliphatic carboxylic acids is 1. The van der Waals surface area contributed by atoms with Gasteiger partial charge in [-0.25, -0.2) is 4.68 Å². The van der Waals surface area contributed by atoms with E-state index in [0.717, 1.165) is 16.4 Å². The van der Waals surface area contributed by atoms with Crippen LogP contribution >= 0.6 is 11.8 Å². The van der Waals surface area contributed by atoms with Crippen molar-refractivity contribution in [1.82, 2.24) is 14.9 Å². The molecule has 0 aromatic carbocycles. The van der Waals surface area contributed by atoms with Gasteiger partial charge in [0, 0.05) is 0 Å². The minimum Gasteiger partial charge on any atom is -0.481 e. The number of thioether (sulfide) groups is 1. The molecule has 1 heterocycles. The first kappa shape index (κ1) is 11.8. The van der Waals surface area contributed by atoms with Crippen molar-refractivity contribution in [3.63, 3.8) is 0 Å². The maximum atomic E-state index is 10.3. The molecule has 0 bridgehead atoms. The lowest BCUT2D eigenvalue weighted by Crippen LogP contribution is -2.26. The second kappa shape index (κ2) is 4.07. The number of nitrogens with zero attached hydrogens (tertiary/aromatic N) is 3. The number of hydrogen-bond donors (Lipinski definition) is 3. The van der Waals surface area contributed by atoms with Gasteiger partial charge in [0.15, 0.2) is 5.82 Å². The molecule has 1 aromatic rings. The van der Waals surface area contributed by atoms with Crippen LogP contribution in [-0.4, -0.2) is 36.8 Å². The molecule has 0 aliphatic carbocycles. The summed E-state index contributed by atoms with van der Waals surface area (Å²) in [6, 6.07) is 0. The van der Waals surface area contributed by atoms with Crippen LogP contribution in [0.3, 0.4) is 0 Å². The number of carbonyl (C=O) groups is 1. The number of carboxylic acids is 1. The SMILES string of the molecule is CC(C)(O)c1nnc(SCC(=O)O)n1N. The Morgan fingerprint density at radius 1 is 1.60 bits per heavy atom. The highest BCUT2D eigenvalue weighted by Gasteiger charge is 2.25. The van der Waals surface area contributed by atoms with Crippen LogP contribution < -0.4 is 5.84 Å². The third-order valence-electron chi connectivity index (χ3n) is 1.54. The first-order valence-corrected chi connectivity index (χ1v) is 5.09. The monoisotopic (exact) mass is 232 g/mol. The molecule has 0 saturated heterocycles. The van der Waals surface area contributed by atoms with Gasteiger partial charge >= 0.3 is 5.97 Å². The molecule has 84 valence electrons. The van der Waals surface area contributed by atoms with E-state index < -0.39 is 11.6 Å². The minimum atomic E-state index is -1.20. The Morgan fingerprint density at radius 3 is 2.60 bits per heavy atom. The number of rotatable bonds is 4. The third kappa shape index (κ3) is 2.83. The Balaban J connectivity index is 2.85. The molecular weight excluding hydrogens is 220 g/mol. The average Bonchev–Trinajstić information content (AvgIpc) is 2.42. The van der Waals surface area contributed by atoms with Crippen LogP contribution in [0.15, 0.2) is 5.16 Å². The molecule has 1 aromatic heterocycles. The smallest absolute Gasteiger partial charge is 0.313 e. The summed E-state index contributed by atoms with van der Waals surface area (Å²) in [5.74, 6) is 4.67. The molecule has 4 N–H and O–H groups in total. The molecule has 0 aliphatic heterocycles. The topological polar surface area (TPSA) is 114 Å². The number of nitrogens with two attached hydrogens (primary N) is 1. The summed E-state index contributed by atoms with van der Waals surface area (Å²) in [5.41, 5.74) is -1.20. The predicted molar refractivity (Wildman–Crippen MR) is 53.8 cm³/mol. The molecule has 0 spiro atoms. The summed E-state index contributed by atoms with van der Waals surface area (Å²) in [5, 5.41) is 25.7. The van der Waals surface area contributed by atoms with Crippen molar-refractivity contribution in [2.75, 3.05) is 11.6 Å². The highest BCUT2D eigenvalue weighted by molar-refractivity contribution is 7.99. The predicted octanol–water partition coefficient (Wildman–Crippen LogP) is -0.604. The van der Waals surface area contributed by atoms with Gasteiger partial charge in [-0.15, -0.1) is 10.2 Å². The van der Waals surface area contributed by atoms with Crippen LogP contribution in [0.2, 0.25) is 0 Å². The van der Waals surface area contributed by atoms with E-state index in [2.05, 4.69) is 10.2 Å². The van der Waals surface area contributed by atoms with Crippen molar-refractivity contribution < 1.29 is 15.0 Å². The van der Waals surface area contributed by atoms with Crippen LogP contribution in [-0.2, 0) is 10.4 Å². The number of hydrogen-bond acceptors (Lipinski definition) is 6. The van der Waals surface area contributed by atoms with Crippen molar-refractivity contribution in [3.8, 4) is 0 Å². The molecule has 0 radical (unpaired) electrons. The van der Waals surface area contributed by atoms with E-state index in [-0.39, 0.29) is 16.7 Å². The Bertz CT molecular complexity index is 371. The Kier molecular flexibility index (Phi) is 3.20. The number of carboxylic acid groups (broad SMARTS) is 1. The van der Waals surface area contributed by atoms with E-state index in [1.54, 1.807) is 0 Å². The van der Waals surface area contributed by atoms with Crippen LogP contribution in [0.4, 0.5) is 0 Å². The van der Waals surface area contributed by atoms with Crippen LogP contribution in [0.5, 0.6) is 0 Å². The van der Waals surface area contributed by atoms with Crippen molar-refractivity contribution in [2.45, 2.75) is 24.6 Å². The van der Waals surface area contributed by atoms with Gasteiger partial charge in [0.05, 0.1) is 5.75 Å². The van der Waals surface area contributed by atoms with Gasteiger partial charge in [-0.2, -0.15) is 0 Å². The Hall–Kier alpha value is -1.28. The van der Waals surface area contributed by atoms with Crippen molar-refractivity contribution in [2.24, 2.45) is 0 Å². The van der Waals surface area contributed by atoms with E-state index >= 15 is 0 Å². The second-order valence-electron chi connectivity index (χ2n) is 3.42. The standard InChI is InChI=1S/C7H12N4O3S/c1-7(2,14)5-9-10-6(11(5)8)15-3-4(12)13/h14H,3,8H2,1-2H3,(H,12,13). The van der Waals surface area contributed by atoms with E-state index in [4.69, 9.17) is 10.9 Å². The average molecular weight is 232 g/mol. The first-order chi connectivity index (χ1) is 6.82. The van der Waals surface area contributed by atoms with Gasteiger partial charge in [-0.1, -0.05) is 11.8 Å². The second-order valence-corrected chi connectivity index (χ2v) is 4.36. The molecule has 0 saturated carbocycles. The van der Waals surface area contributed by atoms with Crippen molar-refractivity contribution in [3.05, 3.63) is 5.82 Å².